The van der Waals surface area contributed by atoms with E-state index in [1.54, 1.807) is 46.8 Å². The molecular weight excluding hydrogens is 718 g/mol. The molecule has 1 saturated carbocycles. The van der Waals surface area contributed by atoms with Crippen LogP contribution in [0.15, 0.2) is 30.4 Å². The van der Waals surface area contributed by atoms with E-state index >= 15 is 0 Å². The molecule has 3 aliphatic heterocycles. The van der Waals surface area contributed by atoms with Crippen molar-refractivity contribution in [2.45, 2.75) is 140 Å². The van der Waals surface area contributed by atoms with Gasteiger partial charge in [-0.2, -0.15) is 0 Å². The van der Waals surface area contributed by atoms with Crippen LogP contribution in [0.1, 0.15) is 104 Å². The number of carbonyl (C=O) groups is 4. The van der Waals surface area contributed by atoms with Crippen LogP contribution in [0.25, 0.3) is 10.9 Å². The second-order valence-electron chi connectivity index (χ2n) is 16.3. The van der Waals surface area contributed by atoms with Crippen molar-refractivity contribution in [1.29, 1.82) is 0 Å². The third-order valence-corrected chi connectivity index (χ3v) is 13.0. The maximum atomic E-state index is 14.8. The molecule has 4 heterocycles. The van der Waals surface area contributed by atoms with Gasteiger partial charge in [0.2, 0.25) is 21.8 Å². The molecule has 0 radical (unpaired) electrons. The number of ether oxygens (including phenoxy) is 2. The summed E-state index contributed by atoms with van der Waals surface area (Å²) in [7, 11) is -4.03. The molecular formula is C39H52FN5O8S. The number of amides is 4. The Kier molecular flexibility index (Phi) is 10.8. The average molecular weight is 770 g/mol. The number of nitrogens with one attached hydrogen (secondary N) is 3. The monoisotopic (exact) mass is 769 g/mol. The zero-order valence-corrected chi connectivity index (χ0v) is 32.7. The van der Waals surface area contributed by atoms with Crippen LogP contribution in [0.2, 0.25) is 0 Å². The van der Waals surface area contributed by atoms with Gasteiger partial charge in [-0.15, -0.1) is 0 Å². The van der Waals surface area contributed by atoms with Crippen LogP contribution >= 0.6 is 0 Å². The Labute approximate surface area is 316 Å². The van der Waals surface area contributed by atoms with E-state index < -0.39 is 79.6 Å². The minimum atomic E-state index is -4.03. The van der Waals surface area contributed by atoms with Gasteiger partial charge >= 0.3 is 6.09 Å². The first-order valence-electron chi connectivity index (χ1n) is 19.0. The number of nitrogens with zero attached hydrogens (tertiary/aromatic N) is 2. The van der Waals surface area contributed by atoms with E-state index in [4.69, 9.17) is 9.47 Å². The van der Waals surface area contributed by atoms with Crippen molar-refractivity contribution in [2.75, 3.05) is 6.54 Å². The van der Waals surface area contributed by atoms with Gasteiger partial charge in [-0.1, -0.05) is 44.1 Å². The molecule has 15 heteroatoms. The molecule has 1 spiro atoms. The lowest BCUT2D eigenvalue weighted by Gasteiger charge is -2.36. The summed E-state index contributed by atoms with van der Waals surface area (Å²) < 4.78 is 55.3. The van der Waals surface area contributed by atoms with E-state index in [2.05, 4.69) is 20.3 Å². The molecule has 2 aromatic rings. The number of fused-ring (bicyclic) bond motifs is 5. The number of carbonyl (C=O) groups excluding carboxylic acids is 4. The molecule has 1 saturated heterocycles. The Bertz CT molecular complexity index is 1980. The summed E-state index contributed by atoms with van der Waals surface area (Å²) in [6, 6.07) is 2.60. The second-order valence-corrected chi connectivity index (χ2v) is 18.4. The summed E-state index contributed by atoms with van der Waals surface area (Å²) >= 11 is 0. The fourth-order valence-corrected chi connectivity index (χ4v) is 8.97. The first kappa shape index (κ1) is 39.4. The number of hydrogen-bond donors (Lipinski definition) is 3. The molecule has 6 atom stereocenters. The van der Waals surface area contributed by atoms with Crippen LogP contribution in [0.5, 0.6) is 5.75 Å². The summed E-state index contributed by atoms with van der Waals surface area (Å²) in [6.45, 7) is 10.1. The van der Waals surface area contributed by atoms with E-state index in [0.29, 0.717) is 48.9 Å². The first-order chi connectivity index (χ1) is 25.4. The SMILES string of the molecule is CCC(C)S(=O)(=O)NC(=O)[C@@]12C[C@H]1/C=C\CCCCC[C@H](NC(=O)OC(C)(C)C)C(=O)N1C[C@@]3(CCc4c(c(C)nc5c(F)cccc45)O3)C[C@H]1C(=O)N2. The molecule has 54 heavy (non-hydrogen) atoms. The summed E-state index contributed by atoms with van der Waals surface area (Å²) in [5, 5.41) is 5.44. The predicted octanol–water partition coefficient (Wildman–Crippen LogP) is 4.88. The number of hydrogen-bond acceptors (Lipinski definition) is 9. The zero-order valence-electron chi connectivity index (χ0n) is 31.9. The van der Waals surface area contributed by atoms with Gasteiger partial charge in [-0.25, -0.2) is 22.6 Å². The van der Waals surface area contributed by atoms with Crippen LogP contribution in [-0.4, -0.2) is 82.7 Å². The summed E-state index contributed by atoms with van der Waals surface area (Å²) in [5.41, 5.74) is -1.92. The molecule has 1 aromatic carbocycles. The highest BCUT2D eigenvalue weighted by molar-refractivity contribution is 7.90. The fraction of sp³-hybridized carbons (Fsp3) is 0.615. The average Bonchev–Trinajstić information content (AvgIpc) is 3.67. The number of para-hydroxylation sites is 1. The predicted molar refractivity (Wildman–Crippen MR) is 199 cm³/mol. The van der Waals surface area contributed by atoms with Crippen LogP contribution < -0.4 is 20.1 Å². The Morgan fingerprint density at radius 3 is 2.67 bits per heavy atom. The van der Waals surface area contributed by atoms with Gasteiger partial charge in [0.15, 0.2) is 0 Å². The molecule has 3 N–H and O–H groups in total. The third-order valence-electron chi connectivity index (χ3n) is 11.2. The van der Waals surface area contributed by atoms with Crippen molar-refractivity contribution in [1.82, 2.24) is 25.2 Å². The van der Waals surface area contributed by atoms with Crippen molar-refractivity contribution >= 4 is 44.7 Å². The lowest BCUT2D eigenvalue weighted by Crippen LogP contribution is -2.58. The molecule has 4 aliphatic rings. The molecule has 294 valence electrons. The van der Waals surface area contributed by atoms with E-state index in [1.165, 1.54) is 17.9 Å². The van der Waals surface area contributed by atoms with Gasteiger partial charge in [-0.3, -0.25) is 19.1 Å². The smallest absolute Gasteiger partial charge is 0.408 e. The van der Waals surface area contributed by atoms with Crippen LogP contribution in [0.3, 0.4) is 0 Å². The Balaban J connectivity index is 1.37. The van der Waals surface area contributed by atoms with Crippen LogP contribution in [0, 0.1) is 18.7 Å². The Morgan fingerprint density at radius 2 is 1.94 bits per heavy atom. The minimum absolute atomic E-state index is 0.0125. The number of aromatic nitrogens is 1. The number of halogens is 1. The van der Waals surface area contributed by atoms with Gasteiger partial charge in [-0.05, 0) is 85.6 Å². The lowest BCUT2D eigenvalue weighted by atomic mass is 9.87. The number of aryl methyl sites for hydroxylation is 2. The maximum absolute atomic E-state index is 14.8. The highest BCUT2D eigenvalue weighted by atomic mass is 32.2. The molecule has 6 rings (SSSR count). The number of sulfonamides is 1. The Hall–Kier alpha value is -4.27. The number of pyridine rings is 1. The van der Waals surface area contributed by atoms with Crippen molar-refractivity contribution in [3.8, 4) is 5.75 Å². The molecule has 0 bridgehead atoms. The first-order valence-corrected chi connectivity index (χ1v) is 20.5. The van der Waals surface area contributed by atoms with E-state index in [9.17, 15) is 32.0 Å². The standard InChI is InChI=1S/C39H52FN5O8S/c1-7-23(2)54(50,51)44-35(48)39-20-25(39)14-11-9-8-10-12-17-29(42-36(49)53-37(4,5)6)34(47)45-22-38(21-30(45)33(46)43-39)19-18-27-26-15-13-16-28(40)31(26)41-24(3)32(27)52-38/h11,13-16,23,25,29-30H,7-10,12,17-22H2,1-6H3,(H,42,49)(H,43,46)(H,44,48)/b14-11-/t23?,25-,29+,30+,38-,39-/m1/s1. The molecule has 1 aromatic heterocycles. The van der Waals surface area contributed by atoms with E-state index in [1.807, 2.05) is 12.2 Å². The summed E-state index contributed by atoms with van der Waals surface area (Å²) in [4.78, 5) is 62.1. The molecule has 4 amide bonds. The van der Waals surface area contributed by atoms with Gasteiger partial charge in [0, 0.05) is 23.3 Å². The quantitative estimate of drug-likeness (QED) is 0.359. The lowest BCUT2D eigenvalue weighted by molar-refractivity contribution is -0.141. The number of rotatable bonds is 5. The molecule has 13 nitrogen and oxygen atoms in total. The Morgan fingerprint density at radius 1 is 1.19 bits per heavy atom. The number of allylic oxidation sites excluding steroid dienone is 1. The second kappa shape index (κ2) is 14.8. The van der Waals surface area contributed by atoms with Gasteiger partial charge in [0.1, 0.15) is 45.9 Å². The molecule has 1 unspecified atom stereocenters. The van der Waals surface area contributed by atoms with E-state index in [0.717, 1.165) is 18.4 Å². The van der Waals surface area contributed by atoms with Crippen molar-refractivity contribution < 1.29 is 41.5 Å². The summed E-state index contributed by atoms with van der Waals surface area (Å²) in [6.07, 6.45) is 7.50. The summed E-state index contributed by atoms with van der Waals surface area (Å²) in [5.74, 6) is -2.39. The fourth-order valence-electron chi connectivity index (χ4n) is 7.88. The largest absolute Gasteiger partial charge is 0.483 e. The highest BCUT2D eigenvalue weighted by Gasteiger charge is 2.62. The molecule has 2 fully saturated rings. The molecule has 1 aliphatic carbocycles. The highest BCUT2D eigenvalue weighted by Crippen LogP contribution is 2.48. The van der Waals surface area contributed by atoms with E-state index in [-0.39, 0.29) is 31.3 Å². The van der Waals surface area contributed by atoms with Gasteiger partial charge < -0.3 is 25.0 Å². The van der Waals surface area contributed by atoms with Crippen molar-refractivity contribution in [2.24, 2.45) is 5.92 Å². The number of alkyl carbamates (subject to hydrolysis) is 1. The zero-order chi connectivity index (χ0) is 39.2. The number of benzene rings is 1. The third kappa shape index (κ3) is 7.92. The van der Waals surface area contributed by atoms with Crippen LogP contribution in [0.4, 0.5) is 9.18 Å². The topological polar surface area (TPSA) is 173 Å². The van der Waals surface area contributed by atoms with Crippen molar-refractivity contribution in [3.05, 3.63) is 47.4 Å². The van der Waals surface area contributed by atoms with Crippen molar-refractivity contribution in [3.63, 3.8) is 0 Å². The minimum Gasteiger partial charge on any atom is -0.483 e. The maximum Gasteiger partial charge on any atom is 0.408 e. The van der Waals surface area contributed by atoms with Crippen LogP contribution in [-0.2, 0) is 35.6 Å². The normalized spacial score (nSPS) is 28.6. The van der Waals surface area contributed by atoms with Gasteiger partial charge in [0.25, 0.3) is 5.91 Å². The van der Waals surface area contributed by atoms with Gasteiger partial charge in [0.05, 0.1) is 17.5 Å².